The highest BCUT2D eigenvalue weighted by Gasteiger charge is 2.35. The van der Waals surface area contributed by atoms with Crippen molar-refractivity contribution in [3.63, 3.8) is 0 Å². The van der Waals surface area contributed by atoms with Crippen LogP contribution in [-0.2, 0) is 0 Å². The Morgan fingerprint density at radius 2 is 2.05 bits per heavy atom. The smallest absolute Gasteiger partial charge is 0.137 e. The van der Waals surface area contributed by atoms with Crippen molar-refractivity contribution >= 4 is 11.6 Å². The van der Waals surface area contributed by atoms with Crippen LogP contribution in [0.2, 0.25) is 0 Å². The number of nitrogen functional groups attached to an aromatic ring is 1. The molecule has 0 bridgehead atoms. The third-order valence-electron chi connectivity index (χ3n) is 5.12. The summed E-state index contributed by atoms with van der Waals surface area (Å²) in [6.07, 6.45) is 5.48. The summed E-state index contributed by atoms with van der Waals surface area (Å²) in [5.74, 6) is 2.81. The first-order valence-corrected chi connectivity index (χ1v) is 8.13. The zero-order valence-electron chi connectivity index (χ0n) is 13.4. The number of fused-ring (bicyclic) bond motifs is 1. The van der Waals surface area contributed by atoms with Crippen LogP contribution >= 0.6 is 0 Å². The lowest BCUT2D eigenvalue weighted by Crippen LogP contribution is -2.53. The van der Waals surface area contributed by atoms with Gasteiger partial charge in [-0.3, -0.25) is 0 Å². The van der Waals surface area contributed by atoms with E-state index in [2.05, 4.69) is 40.7 Å². The number of aromatic nitrogens is 2. The van der Waals surface area contributed by atoms with E-state index in [0.29, 0.717) is 11.7 Å². The summed E-state index contributed by atoms with van der Waals surface area (Å²) in [7, 11) is 2.27. The summed E-state index contributed by atoms with van der Waals surface area (Å²) in [5.41, 5.74) is 7.21. The van der Waals surface area contributed by atoms with Gasteiger partial charge in [-0.15, -0.1) is 0 Å². The van der Waals surface area contributed by atoms with Crippen molar-refractivity contribution < 1.29 is 0 Å². The van der Waals surface area contributed by atoms with Crippen LogP contribution in [0.3, 0.4) is 0 Å². The van der Waals surface area contributed by atoms with E-state index in [9.17, 15) is 0 Å². The average molecular weight is 289 g/mol. The van der Waals surface area contributed by atoms with E-state index in [4.69, 9.17) is 5.73 Å². The van der Waals surface area contributed by atoms with Crippen molar-refractivity contribution in [1.82, 2.24) is 14.9 Å². The lowest BCUT2D eigenvalue weighted by atomic mass is 9.84. The van der Waals surface area contributed by atoms with Crippen molar-refractivity contribution in [3.05, 3.63) is 11.9 Å². The van der Waals surface area contributed by atoms with Crippen molar-refractivity contribution in [2.45, 2.75) is 45.1 Å². The van der Waals surface area contributed by atoms with Crippen LogP contribution in [0.15, 0.2) is 6.33 Å². The molecule has 2 N–H and O–H groups in total. The molecule has 0 saturated carbocycles. The summed E-state index contributed by atoms with van der Waals surface area (Å²) >= 11 is 0. The monoisotopic (exact) mass is 289 g/mol. The van der Waals surface area contributed by atoms with Gasteiger partial charge < -0.3 is 15.5 Å². The molecule has 0 radical (unpaired) electrons. The molecular formula is C16H27N5. The normalized spacial score (nSPS) is 27.0. The minimum atomic E-state index is 0.355. The highest BCUT2D eigenvalue weighted by Crippen LogP contribution is 2.35. The number of likely N-dealkylation sites (tertiary alicyclic amines) is 1. The molecule has 0 amide bonds. The van der Waals surface area contributed by atoms with Crippen LogP contribution in [-0.4, -0.2) is 47.6 Å². The summed E-state index contributed by atoms with van der Waals surface area (Å²) in [6.45, 7) is 7.76. The Balaban J connectivity index is 1.84. The number of nitrogens with zero attached hydrogens (tertiary/aromatic N) is 4. The van der Waals surface area contributed by atoms with Gasteiger partial charge in [0.25, 0.3) is 0 Å². The SMILES string of the molecule is CC(C)c1c(N)ncnc1N1CCC2C(CCCN2C)C1. The van der Waals surface area contributed by atoms with Gasteiger partial charge in [0.1, 0.15) is 18.0 Å². The largest absolute Gasteiger partial charge is 0.383 e. The molecule has 0 spiro atoms. The predicted octanol–water partition coefficient (Wildman–Crippen LogP) is 2.10. The number of nitrogens with two attached hydrogens (primary N) is 1. The lowest BCUT2D eigenvalue weighted by Gasteiger charge is -2.46. The quantitative estimate of drug-likeness (QED) is 0.903. The third kappa shape index (κ3) is 2.71. The highest BCUT2D eigenvalue weighted by atomic mass is 15.2. The van der Waals surface area contributed by atoms with Gasteiger partial charge in [0.05, 0.1) is 0 Å². The summed E-state index contributed by atoms with van der Waals surface area (Å²) < 4.78 is 0. The van der Waals surface area contributed by atoms with Gasteiger partial charge in [0, 0.05) is 24.7 Å². The minimum absolute atomic E-state index is 0.355. The van der Waals surface area contributed by atoms with Crippen LogP contribution in [0.5, 0.6) is 0 Å². The van der Waals surface area contributed by atoms with E-state index >= 15 is 0 Å². The average Bonchev–Trinajstić information content (AvgIpc) is 2.46. The maximum absolute atomic E-state index is 6.10. The summed E-state index contributed by atoms with van der Waals surface area (Å²) in [4.78, 5) is 13.7. The van der Waals surface area contributed by atoms with Crippen LogP contribution in [0.25, 0.3) is 0 Å². The molecule has 5 heteroatoms. The Hall–Kier alpha value is -1.36. The van der Waals surface area contributed by atoms with Gasteiger partial charge in [-0.05, 0) is 44.7 Å². The first kappa shape index (κ1) is 14.6. The van der Waals surface area contributed by atoms with E-state index in [-0.39, 0.29) is 0 Å². The molecule has 3 rings (SSSR count). The predicted molar refractivity (Wildman–Crippen MR) is 86.5 cm³/mol. The Morgan fingerprint density at radius 1 is 1.24 bits per heavy atom. The first-order valence-electron chi connectivity index (χ1n) is 8.13. The molecule has 2 unspecified atom stereocenters. The minimum Gasteiger partial charge on any atom is -0.383 e. The van der Waals surface area contributed by atoms with Crippen LogP contribution < -0.4 is 10.6 Å². The fourth-order valence-electron chi connectivity index (χ4n) is 4.05. The maximum Gasteiger partial charge on any atom is 0.137 e. The van der Waals surface area contributed by atoms with Crippen molar-refractivity contribution in [2.75, 3.05) is 37.3 Å². The van der Waals surface area contributed by atoms with Gasteiger partial charge in [0.15, 0.2) is 0 Å². The van der Waals surface area contributed by atoms with Crippen LogP contribution in [0, 0.1) is 5.92 Å². The number of piperidine rings is 2. The van der Waals surface area contributed by atoms with Crippen LogP contribution in [0.4, 0.5) is 11.6 Å². The topological polar surface area (TPSA) is 58.3 Å². The van der Waals surface area contributed by atoms with Crippen molar-refractivity contribution in [3.8, 4) is 0 Å². The Morgan fingerprint density at radius 3 is 2.81 bits per heavy atom. The van der Waals surface area contributed by atoms with Gasteiger partial charge in [-0.25, -0.2) is 9.97 Å². The van der Waals surface area contributed by atoms with E-state index in [1.165, 1.54) is 25.8 Å². The molecule has 21 heavy (non-hydrogen) atoms. The Kier molecular flexibility index (Phi) is 4.02. The van der Waals surface area contributed by atoms with E-state index in [0.717, 1.165) is 36.4 Å². The maximum atomic E-state index is 6.10. The van der Waals surface area contributed by atoms with Gasteiger partial charge in [0.2, 0.25) is 0 Å². The second kappa shape index (κ2) is 5.79. The van der Waals surface area contributed by atoms with E-state index in [1.54, 1.807) is 6.33 Å². The van der Waals surface area contributed by atoms with Gasteiger partial charge >= 0.3 is 0 Å². The summed E-state index contributed by atoms with van der Waals surface area (Å²) in [6, 6.07) is 0.747. The zero-order valence-corrected chi connectivity index (χ0v) is 13.4. The third-order valence-corrected chi connectivity index (χ3v) is 5.12. The molecule has 2 aliphatic rings. The molecule has 1 aromatic rings. The molecule has 2 fully saturated rings. The standard InChI is InChI=1S/C16H27N5/c1-11(2)14-15(17)18-10-19-16(14)21-8-6-13-12(9-21)5-4-7-20(13)3/h10-13H,4-9H2,1-3H3,(H2,17,18,19). The fraction of sp³-hybridized carbons (Fsp3) is 0.750. The van der Waals surface area contributed by atoms with Crippen molar-refractivity contribution in [2.24, 2.45) is 5.92 Å². The molecule has 1 aromatic heterocycles. The molecule has 0 aromatic carbocycles. The molecule has 2 saturated heterocycles. The Labute approximate surface area is 127 Å². The summed E-state index contributed by atoms with van der Waals surface area (Å²) in [5, 5.41) is 0. The number of hydrogen-bond donors (Lipinski definition) is 1. The molecule has 5 nitrogen and oxygen atoms in total. The van der Waals surface area contributed by atoms with Gasteiger partial charge in [-0.2, -0.15) is 0 Å². The number of rotatable bonds is 2. The second-order valence-electron chi connectivity index (χ2n) is 6.84. The Bertz CT molecular complexity index is 501. The molecular weight excluding hydrogens is 262 g/mol. The van der Waals surface area contributed by atoms with E-state index in [1.807, 2.05) is 0 Å². The molecule has 0 aliphatic carbocycles. The molecule has 2 aliphatic heterocycles. The van der Waals surface area contributed by atoms with Gasteiger partial charge in [-0.1, -0.05) is 13.8 Å². The second-order valence-corrected chi connectivity index (χ2v) is 6.84. The number of hydrogen-bond acceptors (Lipinski definition) is 5. The van der Waals surface area contributed by atoms with Crippen molar-refractivity contribution in [1.29, 1.82) is 0 Å². The zero-order chi connectivity index (χ0) is 15.0. The molecule has 2 atom stereocenters. The van der Waals surface area contributed by atoms with E-state index < -0.39 is 0 Å². The first-order chi connectivity index (χ1) is 10.1. The molecule has 116 valence electrons. The fourth-order valence-corrected chi connectivity index (χ4v) is 4.05. The number of anilines is 2. The van der Waals surface area contributed by atoms with Crippen LogP contribution in [0.1, 0.15) is 44.6 Å². The highest BCUT2D eigenvalue weighted by molar-refractivity contribution is 5.58. The molecule has 3 heterocycles. The lowest BCUT2D eigenvalue weighted by molar-refractivity contribution is 0.102.